The molecule has 0 aliphatic heterocycles. The van der Waals surface area contributed by atoms with E-state index in [0.717, 1.165) is 24.1 Å². The van der Waals surface area contributed by atoms with Crippen LogP contribution in [0, 0.1) is 0 Å². The molecule has 0 spiro atoms. The molecule has 0 unspecified atom stereocenters. The van der Waals surface area contributed by atoms with E-state index < -0.39 is 0 Å². The van der Waals surface area contributed by atoms with E-state index >= 15 is 0 Å². The third kappa shape index (κ3) is 1.55. The average molecular weight is 286 g/mol. The van der Waals surface area contributed by atoms with Crippen molar-refractivity contribution < 1.29 is 0 Å². The first-order valence-electron chi connectivity index (χ1n) is 7.51. The van der Waals surface area contributed by atoms with Gasteiger partial charge in [-0.25, -0.2) is 9.97 Å². The monoisotopic (exact) mass is 286 g/mol. The van der Waals surface area contributed by atoms with Crippen molar-refractivity contribution >= 4 is 16.7 Å². The van der Waals surface area contributed by atoms with Gasteiger partial charge in [0.2, 0.25) is 5.78 Å². The number of imidazole rings is 1. The topological polar surface area (TPSA) is 43.1 Å². The Bertz CT molecular complexity index is 998. The van der Waals surface area contributed by atoms with E-state index in [1.165, 1.54) is 16.6 Å². The zero-order valence-electron chi connectivity index (χ0n) is 12.0. The van der Waals surface area contributed by atoms with Crippen LogP contribution in [0.25, 0.3) is 16.7 Å². The van der Waals surface area contributed by atoms with Crippen molar-refractivity contribution in [3.63, 3.8) is 0 Å². The second-order valence-corrected chi connectivity index (χ2v) is 5.93. The lowest BCUT2D eigenvalue weighted by atomic mass is 9.91. The molecule has 1 aliphatic carbocycles. The molecule has 0 amide bonds. The highest BCUT2D eigenvalue weighted by Crippen LogP contribution is 2.53. The van der Waals surface area contributed by atoms with E-state index in [4.69, 9.17) is 0 Å². The van der Waals surface area contributed by atoms with E-state index in [-0.39, 0.29) is 5.41 Å². The smallest absolute Gasteiger partial charge is 0.233 e. The van der Waals surface area contributed by atoms with Crippen molar-refractivity contribution in [3.8, 4) is 0 Å². The van der Waals surface area contributed by atoms with Gasteiger partial charge in [-0.2, -0.15) is 0 Å². The van der Waals surface area contributed by atoms with Crippen molar-refractivity contribution in [2.75, 3.05) is 0 Å². The predicted molar refractivity (Wildman–Crippen MR) is 84.7 cm³/mol. The summed E-state index contributed by atoms with van der Waals surface area (Å²) in [6.07, 6.45) is 9.96. The Hall–Kier alpha value is -2.75. The zero-order valence-corrected chi connectivity index (χ0v) is 12.0. The molecule has 1 aliphatic rings. The molecule has 0 saturated heterocycles. The Morgan fingerprint density at radius 1 is 0.955 bits per heavy atom. The summed E-state index contributed by atoms with van der Waals surface area (Å²) in [5, 5.41) is 1.19. The van der Waals surface area contributed by atoms with Crippen LogP contribution in [0.4, 0.5) is 0 Å². The van der Waals surface area contributed by atoms with Gasteiger partial charge in [0.1, 0.15) is 0 Å². The predicted octanol–water partition coefficient (Wildman–Crippen LogP) is 3.36. The summed E-state index contributed by atoms with van der Waals surface area (Å²) in [5.41, 5.74) is 3.70. The van der Waals surface area contributed by atoms with Crippen molar-refractivity contribution in [1.29, 1.82) is 0 Å². The first-order chi connectivity index (χ1) is 10.9. The molecule has 22 heavy (non-hydrogen) atoms. The molecule has 1 fully saturated rings. The van der Waals surface area contributed by atoms with Gasteiger partial charge in [-0.3, -0.25) is 9.38 Å². The van der Waals surface area contributed by atoms with E-state index in [0.29, 0.717) is 0 Å². The zero-order chi connectivity index (χ0) is 14.6. The van der Waals surface area contributed by atoms with Gasteiger partial charge in [-0.1, -0.05) is 12.1 Å². The Labute approximate surface area is 127 Å². The molecular formula is C18H14N4. The van der Waals surface area contributed by atoms with E-state index in [9.17, 15) is 0 Å². The number of rotatable bonds is 2. The molecule has 106 valence electrons. The third-order valence-corrected chi connectivity index (χ3v) is 4.68. The SMILES string of the molecule is c1cnc2ccc(C3(c4cnc5ncccn45)CC3)cc2c1. The summed E-state index contributed by atoms with van der Waals surface area (Å²) < 4.78 is 2.11. The van der Waals surface area contributed by atoms with Gasteiger partial charge in [0.15, 0.2) is 0 Å². The number of hydrogen-bond donors (Lipinski definition) is 0. The number of nitrogens with zero attached hydrogens (tertiary/aromatic N) is 4. The minimum atomic E-state index is 0.0759. The van der Waals surface area contributed by atoms with Gasteiger partial charge in [-0.15, -0.1) is 0 Å². The maximum absolute atomic E-state index is 4.45. The van der Waals surface area contributed by atoms with Gasteiger partial charge in [0.05, 0.1) is 17.4 Å². The standard InChI is InChI=1S/C18H14N4/c1-3-13-11-14(4-5-15(13)19-8-1)18(6-7-18)16-12-21-17-20-9-2-10-22(16)17/h1-5,8-12H,6-7H2. The van der Waals surface area contributed by atoms with Gasteiger partial charge in [-0.05, 0) is 42.7 Å². The summed E-state index contributed by atoms with van der Waals surface area (Å²) >= 11 is 0. The van der Waals surface area contributed by atoms with Crippen molar-refractivity contribution in [3.05, 3.63) is 72.4 Å². The molecule has 3 heterocycles. The van der Waals surface area contributed by atoms with Crippen LogP contribution in [-0.4, -0.2) is 19.4 Å². The van der Waals surface area contributed by atoms with Gasteiger partial charge in [0, 0.05) is 29.4 Å². The number of hydrogen-bond acceptors (Lipinski definition) is 3. The summed E-state index contributed by atoms with van der Waals surface area (Å²) in [5.74, 6) is 0.770. The van der Waals surface area contributed by atoms with Gasteiger partial charge >= 0.3 is 0 Å². The van der Waals surface area contributed by atoms with Crippen LogP contribution in [-0.2, 0) is 5.41 Å². The summed E-state index contributed by atoms with van der Waals surface area (Å²) in [7, 11) is 0. The summed E-state index contributed by atoms with van der Waals surface area (Å²) in [4.78, 5) is 13.2. The third-order valence-electron chi connectivity index (χ3n) is 4.68. The van der Waals surface area contributed by atoms with E-state index in [2.05, 4.69) is 43.6 Å². The lowest BCUT2D eigenvalue weighted by molar-refractivity contribution is 0.787. The lowest BCUT2D eigenvalue weighted by Crippen LogP contribution is -2.11. The van der Waals surface area contributed by atoms with Crippen LogP contribution in [0.1, 0.15) is 24.1 Å². The molecule has 4 heteroatoms. The molecule has 4 nitrogen and oxygen atoms in total. The quantitative estimate of drug-likeness (QED) is 0.567. The average Bonchev–Trinajstić information content (AvgIpc) is 3.27. The van der Waals surface area contributed by atoms with E-state index in [1.807, 2.05) is 30.7 Å². The van der Waals surface area contributed by atoms with Crippen LogP contribution in [0.5, 0.6) is 0 Å². The Kier molecular flexibility index (Phi) is 2.23. The molecule has 4 aromatic rings. The maximum Gasteiger partial charge on any atom is 0.233 e. The highest BCUT2D eigenvalue weighted by atomic mass is 15.1. The fourth-order valence-corrected chi connectivity index (χ4v) is 3.37. The van der Waals surface area contributed by atoms with Crippen LogP contribution in [0.3, 0.4) is 0 Å². The van der Waals surface area contributed by atoms with Crippen LogP contribution in [0.2, 0.25) is 0 Å². The van der Waals surface area contributed by atoms with Gasteiger partial charge < -0.3 is 0 Å². The first-order valence-corrected chi connectivity index (χ1v) is 7.51. The summed E-state index contributed by atoms with van der Waals surface area (Å²) in [6.45, 7) is 0. The molecule has 0 bridgehead atoms. The molecular weight excluding hydrogens is 272 g/mol. The Morgan fingerprint density at radius 3 is 2.77 bits per heavy atom. The van der Waals surface area contributed by atoms with Crippen LogP contribution in [0.15, 0.2) is 61.2 Å². The van der Waals surface area contributed by atoms with Crippen LogP contribution >= 0.6 is 0 Å². The number of aromatic nitrogens is 4. The van der Waals surface area contributed by atoms with Crippen molar-refractivity contribution in [2.24, 2.45) is 0 Å². The maximum atomic E-state index is 4.45. The van der Waals surface area contributed by atoms with E-state index in [1.54, 1.807) is 6.20 Å². The second-order valence-electron chi connectivity index (χ2n) is 5.93. The van der Waals surface area contributed by atoms with Gasteiger partial charge in [0.25, 0.3) is 0 Å². The molecule has 0 atom stereocenters. The molecule has 1 saturated carbocycles. The highest BCUT2D eigenvalue weighted by Gasteiger charge is 2.48. The minimum Gasteiger partial charge on any atom is -0.287 e. The second kappa shape index (κ2) is 4.13. The molecule has 3 aromatic heterocycles. The number of pyridine rings is 1. The fourth-order valence-electron chi connectivity index (χ4n) is 3.37. The normalized spacial score (nSPS) is 16.2. The minimum absolute atomic E-state index is 0.0759. The molecule has 0 N–H and O–H groups in total. The Morgan fingerprint density at radius 2 is 1.86 bits per heavy atom. The number of benzene rings is 1. The molecule has 0 radical (unpaired) electrons. The molecule has 1 aromatic carbocycles. The number of fused-ring (bicyclic) bond motifs is 2. The van der Waals surface area contributed by atoms with Crippen LogP contribution < -0.4 is 0 Å². The first kappa shape index (κ1) is 11.9. The Balaban J connectivity index is 1.72. The lowest BCUT2D eigenvalue weighted by Gasteiger charge is -2.16. The molecule has 5 rings (SSSR count). The van der Waals surface area contributed by atoms with Crippen molar-refractivity contribution in [2.45, 2.75) is 18.3 Å². The van der Waals surface area contributed by atoms with Crippen molar-refractivity contribution in [1.82, 2.24) is 19.4 Å². The summed E-state index contributed by atoms with van der Waals surface area (Å²) in [6, 6.07) is 12.7. The largest absolute Gasteiger partial charge is 0.287 e. The highest BCUT2D eigenvalue weighted by molar-refractivity contribution is 5.79. The fraction of sp³-hybridized carbons (Fsp3) is 0.167.